The van der Waals surface area contributed by atoms with E-state index >= 15 is 0 Å². The highest BCUT2D eigenvalue weighted by Crippen LogP contribution is 2.39. The van der Waals surface area contributed by atoms with Gasteiger partial charge in [0.25, 0.3) is 0 Å². The molecule has 0 spiro atoms. The molecule has 9 heteroatoms. The highest BCUT2D eigenvalue weighted by atomic mass is 32.2. The molecule has 2 N–H and O–H groups in total. The topological polar surface area (TPSA) is 111 Å². The molecule has 1 saturated heterocycles. The molecule has 1 heterocycles. The summed E-state index contributed by atoms with van der Waals surface area (Å²) in [7, 11) is 1.53. The number of nitrogens with one attached hydrogen (secondary N) is 1. The van der Waals surface area contributed by atoms with Gasteiger partial charge in [-0.05, 0) is 18.2 Å². The van der Waals surface area contributed by atoms with Crippen LogP contribution in [0.25, 0.3) is 0 Å². The highest BCUT2D eigenvalue weighted by molar-refractivity contribution is 7.99. The Bertz CT molecular complexity index is 567. The normalized spacial score (nSPS) is 20.6. The van der Waals surface area contributed by atoms with Gasteiger partial charge in [-0.15, -0.1) is 11.8 Å². The van der Waals surface area contributed by atoms with Gasteiger partial charge in [0, 0.05) is 16.2 Å². The Morgan fingerprint density at radius 3 is 2.95 bits per heavy atom. The number of aliphatic carboxylic acids is 1. The quantitative estimate of drug-likeness (QED) is 0.566. The smallest absolute Gasteiger partial charge is 0.321 e. The summed E-state index contributed by atoms with van der Waals surface area (Å²) in [5.74, 6) is 0.621. The maximum atomic E-state index is 11.0. The molecule has 1 aliphatic rings. The van der Waals surface area contributed by atoms with E-state index in [-0.39, 0.29) is 18.5 Å². The zero-order valence-corrected chi connectivity index (χ0v) is 12.7. The van der Waals surface area contributed by atoms with E-state index in [1.165, 1.54) is 18.9 Å². The molecular formula is C13H16N2O6S. The van der Waals surface area contributed by atoms with Crippen LogP contribution in [-0.4, -0.2) is 48.1 Å². The summed E-state index contributed by atoms with van der Waals surface area (Å²) in [6, 6.07) is 4.48. The molecule has 2 atom stereocenters. The lowest BCUT2D eigenvalue weighted by Crippen LogP contribution is -2.33. The summed E-state index contributed by atoms with van der Waals surface area (Å²) in [6.07, 6.45) is 0. The summed E-state index contributed by atoms with van der Waals surface area (Å²) in [6.45, 7) is -0.347. The fourth-order valence-electron chi connectivity index (χ4n) is 2.01. The summed E-state index contributed by atoms with van der Waals surface area (Å²) in [5, 5.41) is 22.1. The van der Waals surface area contributed by atoms with E-state index < -0.39 is 16.9 Å². The van der Waals surface area contributed by atoms with Crippen molar-refractivity contribution in [3.05, 3.63) is 33.9 Å². The molecule has 1 aromatic rings. The zero-order chi connectivity index (χ0) is 16.1. The van der Waals surface area contributed by atoms with Crippen LogP contribution in [0.3, 0.4) is 0 Å². The van der Waals surface area contributed by atoms with Crippen LogP contribution >= 0.6 is 11.8 Å². The standard InChI is InChI=1S/C13H16N2O6S/c1-20-8-2-3-11(21-5-4-15(18)19)9(6-8)12-14-10(7-22-12)13(16)17/h2-3,6,10,12,14H,4-5,7H2,1H3,(H,16,17). The van der Waals surface area contributed by atoms with Crippen LogP contribution in [0.4, 0.5) is 0 Å². The van der Waals surface area contributed by atoms with Gasteiger partial charge in [0.2, 0.25) is 6.54 Å². The largest absolute Gasteiger partial charge is 0.497 e. The monoisotopic (exact) mass is 328 g/mol. The molecule has 0 saturated carbocycles. The average Bonchev–Trinajstić information content (AvgIpc) is 2.97. The van der Waals surface area contributed by atoms with Gasteiger partial charge >= 0.3 is 5.97 Å². The van der Waals surface area contributed by atoms with Gasteiger partial charge in [-0.3, -0.25) is 20.2 Å². The summed E-state index contributed by atoms with van der Waals surface area (Å²) >= 11 is 1.44. The minimum absolute atomic E-state index is 0.0495. The van der Waals surface area contributed by atoms with Gasteiger partial charge in [-0.25, -0.2) is 0 Å². The number of thioether (sulfide) groups is 1. The predicted octanol–water partition coefficient (Wildman–Crippen LogP) is 1.14. The number of methoxy groups -OCH3 is 1. The molecule has 2 unspecified atom stereocenters. The van der Waals surface area contributed by atoms with Crippen molar-refractivity contribution in [1.82, 2.24) is 5.32 Å². The van der Waals surface area contributed by atoms with Crippen molar-refractivity contribution in [1.29, 1.82) is 0 Å². The van der Waals surface area contributed by atoms with Crippen LogP contribution < -0.4 is 14.8 Å². The van der Waals surface area contributed by atoms with Gasteiger partial charge in [-0.1, -0.05) is 0 Å². The minimum atomic E-state index is -0.909. The molecule has 22 heavy (non-hydrogen) atoms. The second kappa shape index (κ2) is 7.32. The van der Waals surface area contributed by atoms with Crippen LogP contribution in [0.1, 0.15) is 10.9 Å². The number of hydrogen-bond donors (Lipinski definition) is 2. The highest BCUT2D eigenvalue weighted by Gasteiger charge is 2.32. The van der Waals surface area contributed by atoms with Gasteiger partial charge in [0.05, 0.1) is 12.5 Å². The molecule has 0 radical (unpaired) electrons. The van der Waals surface area contributed by atoms with Crippen molar-refractivity contribution in [3.8, 4) is 11.5 Å². The second-order valence-corrected chi connectivity index (χ2v) is 5.72. The number of rotatable bonds is 7. The van der Waals surface area contributed by atoms with Crippen LogP contribution in [0, 0.1) is 10.1 Å². The third-order valence-corrected chi connectivity index (χ3v) is 4.36. The molecule has 0 aromatic heterocycles. The fraction of sp³-hybridized carbons (Fsp3) is 0.462. The first-order valence-corrected chi connectivity index (χ1v) is 7.59. The van der Waals surface area contributed by atoms with E-state index in [2.05, 4.69) is 5.32 Å². The molecule has 0 bridgehead atoms. The maximum absolute atomic E-state index is 11.0. The second-order valence-electron chi connectivity index (χ2n) is 4.58. The molecule has 0 amide bonds. The Hall–Kier alpha value is -2.00. The lowest BCUT2D eigenvalue weighted by atomic mass is 10.1. The first-order chi connectivity index (χ1) is 10.5. The lowest BCUT2D eigenvalue weighted by Gasteiger charge is -2.17. The Labute approximate surface area is 130 Å². The molecule has 1 fully saturated rings. The summed E-state index contributed by atoms with van der Waals surface area (Å²) in [5.41, 5.74) is 0.719. The third-order valence-electron chi connectivity index (χ3n) is 3.11. The zero-order valence-electron chi connectivity index (χ0n) is 11.9. The number of carboxylic acids is 1. The number of carboxylic acid groups (broad SMARTS) is 1. The molecule has 0 aliphatic carbocycles. The van der Waals surface area contributed by atoms with Gasteiger partial charge in [0.15, 0.2) is 6.61 Å². The number of nitrogens with zero attached hydrogens (tertiary/aromatic N) is 1. The summed E-state index contributed by atoms with van der Waals surface area (Å²) < 4.78 is 10.6. The van der Waals surface area contributed by atoms with Crippen LogP contribution in [0.5, 0.6) is 11.5 Å². The van der Waals surface area contributed by atoms with E-state index in [0.29, 0.717) is 17.3 Å². The predicted molar refractivity (Wildman–Crippen MR) is 80.1 cm³/mol. The molecule has 2 rings (SSSR count). The van der Waals surface area contributed by atoms with Crippen molar-refractivity contribution >= 4 is 17.7 Å². The van der Waals surface area contributed by atoms with Crippen molar-refractivity contribution in [2.75, 3.05) is 26.0 Å². The van der Waals surface area contributed by atoms with E-state index in [4.69, 9.17) is 14.6 Å². The number of benzene rings is 1. The maximum Gasteiger partial charge on any atom is 0.321 e. The van der Waals surface area contributed by atoms with E-state index in [0.717, 1.165) is 5.56 Å². The number of hydrogen-bond acceptors (Lipinski definition) is 7. The molecule has 1 aliphatic heterocycles. The molecular weight excluding hydrogens is 312 g/mol. The van der Waals surface area contributed by atoms with Gasteiger partial charge in [0.1, 0.15) is 17.5 Å². The van der Waals surface area contributed by atoms with Crippen molar-refractivity contribution in [3.63, 3.8) is 0 Å². The lowest BCUT2D eigenvalue weighted by molar-refractivity contribution is -0.481. The molecule has 8 nitrogen and oxygen atoms in total. The van der Waals surface area contributed by atoms with Crippen molar-refractivity contribution in [2.45, 2.75) is 11.4 Å². The SMILES string of the molecule is COc1ccc(OCC[N+](=O)[O-])c(C2NC(C(=O)O)CS2)c1. The van der Waals surface area contributed by atoms with E-state index in [1.54, 1.807) is 18.2 Å². The number of nitro groups is 1. The fourth-order valence-corrected chi connectivity index (χ4v) is 3.26. The Balaban J connectivity index is 2.16. The van der Waals surface area contributed by atoms with Gasteiger partial charge in [-0.2, -0.15) is 0 Å². The van der Waals surface area contributed by atoms with Crippen molar-refractivity contribution < 1.29 is 24.3 Å². The van der Waals surface area contributed by atoms with Gasteiger partial charge < -0.3 is 14.6 Å². The molecule has 120 valence electrons. The third kappa shape index (κ3) is 4.01. The Morgan fingerprint density at radius 2 is 2.36 bits per heavy atom. The number of ether oxygens (including phenoxy) is 2. The van der Waals surface area contributed by atoms with Crippen LogP contribution in [0.15, 0.2) is 18.2 Å². The van der Waals surface area contributed by atoms with Crippen LogP contribution in [-0.2, 0) is 4.79 Å². The minimum Gasteiger partial charge on any atom is -0.497 e. The summed E-state index contributed by atoms with van der Waals surface area (Å²) in [4.78, 5) is 20.9. The first kappa shape index (κ1) is 16.4. The van der Waals surface area contributed by atoms with E-state index in [1.807, 2.05) is 0 Å². The first-order valence-electron chi connectivity index (χ1n) is 6.54. The Kier molecular flexibility index (Phi) is 5.45. The Morgan fingerprint density at radius 1 is 1.59 bits per heavy atom. The molecule has 1 aromatic carbocycles. The average molecular weight is 328 g/mol. The van der Waals surface area contributed by atoms with Crippen LogP contribution in [0.2, 0.25) is 0 Å². The number of carbonyl (C=O) groups is 1. The van der Waals surface area contributed by atoms with E-state index in [9.17, 15) is 14.9 Å². The van der Waals surface area contributed by atoms with Crippen molar-refractivity contribution in [2.24, 2.45) is 0 Å².